The first-order valence-corrected chi connectivity index (χ1v) is 6.68. The second kappa shape index (κ2) is 5.69. The molecule has 1 heterocycles. The summed E-state index contributed by atoms with van der Waals surface area (Å²) in [7, 11) is 1.69. The van der Waals surface area contributed by atoms with E-state index in [2.05, 4.69) is 29.4 Å². The van der Waals surface area contributed by atoms with Gasteiger partial charge in [0.2, 0.25) is 5.91 Å². The van der Waals surface area contributed by atoms with Crippen molar-refractivity contribution in [2.75, 3.05) is 13.7 Å². The van der Waals surface area contributed by atoms with Crippen molar-refractivity contribution in [2.24, 2.45) is 11.3 Å². The fourth-order valence-corrected chi connectivity index (χ4v) is 2.19. The first-order chi connectivity index (χ1) is 9.04. The van der Waals surface area contributed by atoms with Crippen LogP contribution in [0.1, 0.15) is 32.5 Å². The highest BCUT2D eigenvalue weighted by Crippen LogP contribution is 2.51. The Balaban J connectivity index is 1.80. The maximum Gasteiger partial charge on any atom is 0.224 e. The summed E-state index contributed by atoms with van der Waals surface area (Å²) < 4.78 is 6.97. The maximum absolute atomic E-state index is 11.9. The zero-order valence-electron chi connectivity index (χ0n) is 11.8. The third-order valence-corrected chi connectivity index (χ3v) is 3.69. The Morgan fingerprint density at radius 1 is 1.63 bits per heavy atom. The molecule has 1 aromatic rings. The molecule has 0 saturated heterocycles. The minimum atomic E-state index is 0.122. The van der Waals surface area contributed by atoms with Crippen molar-refractivity contribution in [3.05, 3.63) is 12.2 Å². The molecule has 0 aromatic carbocycles. The Morgan fingerprint density at radius 3 is 3.00 bits per heavy atom. The summed E-state index contributed by atoms with van der Waals surface area (Å²) in [4.78, 5) is 11.9. The smallest absolute Gasteiger partial charge is 0.224 e. The molecular weight excluding hydrogens is 244 g/mol. The largest absolute Gasteiger partial charge is 0.385 e. The molecule has 6 nitrogen and oxygen atoms in total. The van der Waals surface area contributed by atoms with E-state index in [4.69, 9.17) is 4.74 Å². The SMILES string of the molecule is COCCCn1cnnc1CNC(=O)[C@@H]1CC1(C)C. The molecule has 0 aliphatic heterocycles. The van der Waals surface area contributed by atoms with E-state index in [9.17, 15) is 4.79 Å². The fraction of sp³-hybridized carbons (Fsp3) is 0.769. The van der Waals surface area contributed by atoms with Crippen LogP contribution in [-0.2, 0) is 22.6 Å². The zero-order chi connectivity index (χ0) is 13.9. The molecule has 1 saturated carbocycles. The highest BCUT2D eigenvalue weighted by atomic mass is 16.5. The summed E-state index contributed by atoms with van der Waals surface area (Å²) >= 11 is 0. The molecule has 1 fully saturated rings. The molecule has 6 heteroatoms. The average molecular weight is 266 g/mol. The van der Waals surface area contributed by atoms with Crippen LogP contribution >= 0.6 is 0 Å². The molecule has 1 N–H and O–H groups in total. The maximum atomic E-state index is 11.9. The first kappa shape index (κ1) is 14.0. The monoisotopic (exact) mass is 266 g/mol. The van der Waals surface area contributed by atoms with Gasteiger partial charge in [-0.1, -0.05) is 13.8 Å². The van der Waals surface area contributed by atoms with Crippen LogP contribution < -0.4 is 5.32 Å². The Bertz CT molecular complexity index is 442. The van der Waals surface area contributed by atoms with Crippen LogP contribution in [0.4, 0.5) is 0 Å². The number of nitrogens with zero attached hydrogens (tertiary/aromatic N) is 3. The second-order valence-corrected chi connectivity index (χ2v) is 5.75. The zero-order valence-corrected chi connectivity index (χ0v) is 11.8. The minimum absolute atomic E-state index is 0.122. The van der Waals surface area contributed by atoms with Gasteiger partial charge in [0.25, 0.3) is 0 Å². The number of carbonyl (C=O) groups excluding carboxylic acids is 1. The molecule has 0 radical (unpaired) electrons. The van der Waals surface area contributed by atoms with Crippen LogP contribution in [0.3, 0.4) is 0 Å². The van der Waals surface area contributed by atoms with Crippen molar-refractivity contribution in [1.82, 2.24) is 20.1 Å². The van der Waals surface area contributed by atoms with Crippen molar-refractivity contribution in [3.8, 4) is 0 Å². The van der Waals surface area contributed by atoms with Gasteiger partial charge in [-0.25, -0.2) is 0 Å². The van der Waals surface area contributed by atoms with Gasteiger partial charge in [0.15, 0.2) is 5.82 Å². The van der Waals surface area contributed by atoms with Gasteiger partial charge in [0.05, 0.1) is 6.54 Å². The number of rotatable bonds is 7. The average Bonchev–Trinajstić information content (AvgIpc) is 2.81. The number of aryl methyl sites for hydroxylation is 1. The van der Waals surface area contributed by atoms with E-state index >= 15 is 0 Å². The summed E-state index contributed by atoms with van der Waals surface area (Å²) in [5.74, 6) is 1.07. The summed E-state index contributed by atoms with van der Waals surface area (Å²) in [5, 5.41) is 10.9. The van der Waals surface area contributed by atoms with Gasteiger partial charge < -0.3 is 14.6 Å². The molecule has 0 unspecified atom stereocenters. The number of hydrogen-bond acceptors (Lipinski definition) is 4. The molecule has 1 aromatic heterocycles. The normalized spacial score (nSPS) is 20.3. The molecule has 1 atom stereocenters. The third kappa shape index (κ3) is 3.53. The van der Waals surface area contributed by atoms with Crippen LogP contribution in [0, 0.1) is 11.3 Å². The summed E-state index contributed by atoms with van der Waals surface area (Å²) in [5.41, 5.74) is 0.163. The molecule has 1 aliphatic rings. The predicted molar refractivity (Wildman–Crippen MR) is 70.2 cm³/mol. The quantitative estimate of drug-likeness (QED) is 0.747. The summed E-state index contributed by atoms with van der Waals surface area (Å²) in [6, 6.07) is 0. The van der Waals surface area contributed by atoms with Crippen LogP contribution in [0.25, 0.3) is 0 Å². The van der Waals surface area contributed by atoms with E-state index < -0.39 is 0 Å². The van der Waals surface area contributed by atoms with E-state index in [1.165, 1.54) is 0 Å². The van der Waals surface area contributed by atoms with Crippen molar-refractivity contribution in [1.29, 1.82) is 0 Å². The lowest BCUT2D eigenvalue weighted by atomic mass is 10.1. The van der Waals surface area contributed by atoms with Crippen LogP contribution in [-0.4, -0.2) is 34.4 Å². The van der Waals surface area contributed by atoms with Gasteiger partial charge in [0.1, 0.15) is 6.33 Å². The van der Waals surface area contributed by atoms with E-state index in [1.54, 1.807) is 13.4 Å². The number of aromatic nitrogens is 3. The summed E-state index contributed by atoms with van der Waals surface area (Å²) in [6.07, 6.45) is 3.57. The highest BCUT2D eigenvalue weighted by Gasteiger charge is 2.50. The molecule has 19 heavy (non-hydrogen) atoms. The fourth-order valence-electron chi connectivity index (χ4n) is 2.19. The first-order valence-electron chi connectivity index (χ1n) is 6.68. The van der Waals surface area contributed by atoms with Crippen LogP contribution in [0.5, 0.6) is 0 Å². The standard InChI is InChI=1S/C13H22N4O2/c1-13(2)7-10(13)12(18)14-8-11-16-15-9-17(11)5-4-6-19-3/h9-10H,4-8H2,1-3H3,(H,14,18)/t10-/m0/s1. The van der Waals surface area contributed by atoms with Gasteiger partial charge in [-0.15, -0.1) is 10.2 Å². The van der Waals surface area contributed by atoms with E-state index in [0.717, 1.165) is 25.2 Å². The molecule has 106 valence electrons. The lowest BCUT2D eigenvalue weighted by molar-refractivity contribution is -0.123. The number of amides is 1. The molecule has 0 bridgehead atoms. The van der Waals surface area contributed by atoms with Crippen molar-refractivity contribution < 1.29 is 9.53 Å². The number of hydrogen-bond donors (Lipinski definition) is 1. The Kier molecular flexibility index (Phi) is 4.19. The van der Waals surface area contributed by atoms with Gasteiger partial charge in [0, 0.05) is 26.2 Å². The molecule has 1 amide bonds. The Labute approximate surface area is 113 Å². The topological polar surface area (TPSA) is 69.0 Å². The Morgan fingerprint density at radius 2 is 2.37 bits per heavy atom. The van der Waals surface area contributed by atoms with E-state index in [0.29, 0.717) is 13.2 Å². The van der Waals surface area contributed by atoms with Crippen molar-refractivity contribution in [2.45, 2.75) is 39.8 Å². The molecular formula is C13H22N4O2. The lowest BCUT2D eigenvalue weighted by Gasteiger charge is -2.08. The van der Waals surface area contributed by atoms with E-state index in [-0.39, 0.29) is 17.2 Å². The van der Waals surface area contributed by atoms with Gasteiger partial charge in [-0.05, 0) is 18.3 Å². The number of nitrogens with one attached hydrogen (secondary N) is 1. The minimum Gasteiger partial charge on any atom is -0.385 e. The second-order valence-electron chi connectivity index (χ2n) is 5.75. The third-order valence-electron chi connectivity index (χ3n) is 3.69. The number of methoxy groups -OCH3 is 1. The van der Waals surface area contributed by atoms with Crippen LogP contribution in [0.2, 0.25) is 0 Å². The molecule has 0 spiro atoms. The highest BCUT2D eigenvalue weighted by molar-refractivity contribution is 5.82. The van der Waals surface area contributed by atoms with Crippen molar-refractivity contribution >= 4 is 5.91 Å². The predicted octanol–water partition coefficient (Wildman–Crippen LogP) is 0.977. The summed E-state index contributed by atoms with van der Waals surface area (Å²) in [6.45, 7) is 6.19. The van der Waals surface area contributed by atoms with Gasteiger partial charge in [-0.2, -0.15) is 0 Å². The lowest BCUT2D eigenvalue weighted by Crippen LogP contribution is -2.27. The molecule has 2 rings (SSSR count). The molecule has 1 aliphatic carbocycles. The van der Waals surface area contributed by atoms with Crippen LogP contribution in [0.15, 0.2) is 6.33 Å². The number of ether oxygens (including phenoxy) is 1. The van der Waals surface area contributed by atoms with Gasteiger partial charge in [-0.3, -0.25) is 4.79 Å². The van der Waals surface area contributed by atoms with Crippen molar-refractivity contribution in [3.63, 3.8) is 0 Å². The Hall–Kier alpha value is -1.43. The number of carbonyl (C=O) groups is 1. The van der Waals surface area contributed by atoms with E-state index in [1.807, 2.05) is 4.57 Å². The van der Waals surface area contributed by atoms with Gasteiger partial charge >= 0.3 is 0 Å².